The third-order valence-electron chi connectivity index (χ3n) is 6.29. The monoisotopic (exact) mass is 529 g/mol. The van der Waals surface area contributed by atoms with Gasteiger partial charge in [-0.15, -0.1) is 0 Å². The Bertz CT molecular complexity index is 1480. The van der Waals surface area contributed by atoms with E-state index >= 15 is 0 Å². The Balaban J connectivity index is 1.72. The topological polar surface area (TPSA) is 171 Å². The molecule has 0 amide bonds. The molecule has 0 aliphatic carbocycles. The number of rotatable bonds is 8. The summed E-state index contributed by atoms with van der Waals surface area (Å²) in [5.41, 5.74) is 12.5. The molecule has 1 saturated heterocycles. The number of carbonyl (C=O) groups excluding carboxylic acids is 1. The summed E-state index contributed by atoms with van der Waals surface area (Å²) >= 11 is 0. The summed E-state index contributed by atoms with van der Waals surface area (Å²) in [6.45, 7) is 4.76. The zero-order valence-electron chi connectivity index (χ0n) is 20.8. The molecular formula is C25H31N5O6S. The molecule has 1 fully saturated rings. The van der Waals surface area contributed by atoms with E-state index in [-0.39, 0.29) is 59.1 Å². The number of sulfonamides is 1. The third kappa shape index (κ3) is 5.39. The van der Waals surface area contributed by atoms with Crippen molar-refractivity contribution in [3.8, 4) is 17.1 Å². The highest BCUT2D eigenvalue weighted by Gasteiger charge is 2.33. The van der Waals surface area contributed by atoms with Gasteiger partial charge in [-0.05, 0) is 56.5 Å². The minimum atomic E-state index is -3.89. The fourth-order valence-electron chi connectivity index (χ4n) is 4.28. The van der Waals surface area contributed by atoms with E-state index in [1.165, 1.54) is 28.6 Å². The number of anilines is 2. The van der Waals surface area contributed by atoms with Gasteiger partial charge in [0.05, 0.1) is 51.9 Å². The Kier molecular flexibility index (Phi) is 7.69. The molecule has 2 heterocycles. The van der Waals surface area contributed by atoms with Crippen molar-refractivity contribution in [2.24, 2.45) is 5.92 Å². The number of aromatic amines is 1. The lowest BCUT2D eigenvalue weighted by Crippen LogP contribution is -2.40. The van der Waals surface area contributed by atoms with Gasteiger partial charge < -0.3 is 25.9 Å². The van der Waals surface area contributed by atoms with Gasteiger partial charge in [-0.25, -0.2) is 13.4 Å². The number of piperidine rings is 1. The number of carbonyl (C=O) groups is 1. The van der Waals surface area contributed by atoms with Crippen LogP contribution in [0.2, 0.25) is 0 Å². The maximum atomic E-state index is 13.5. The number of nitrogens with one attached hydrogen (secondary N) is 1. The van der Waals surface area contributed by atoms with Gasteiger partial charge in [0.15, 0.2) is 0 Å². The molecule has 0 radical (unpaired) electrons. The van der Waals surface area contributed by atoms with Crippen LogP contribution in [0.3, 0.4) is 0 Å². The van der Waals surface area contributed by atoms with Crippen LogP contribution in [0.1, 0.15) is 33.1 Å². The van der Waals surface area contributed by atoms with Crippen molar-refractivity contribution in [2.75, 3.05) is 37.8 Å². The van der Waals surface area contributed by atoms with Gasteiger partial charge in [-0.2, -0.15) is 4.31 Å². The van der Waals surface area contributed by atoms with E-state index in [0.717, 1.165) is 6.42 Å². The zero-order valence-corrected chi connectivity index (χ0v) is 21.6. The zero-order chi connectivity index (χ0) is 26.7. The molecule has 0 atom stereocenters. The van der Waals surface area contributed by atoms with E-state index in [2.05, 4.69) is 9.97 Å². The Morgan fingerprint density at radius 2 is 1.84 bits per heavy atom. The van der Waals surface area contributed by atoms with Crippen molar-refractivity contribution in [3.63, 3.8) is 0 Å². The standard InChI is InChI=1S/C25H31N5O6S/c1-3-11-36-22-6-5-16(37(33,34)30-9-7-15(8-10-30)25(32)35-4-2)12-18(22)23-28-21-14-20(27)19(26)13-17(21)24(31)29-23/h5-6,12-15H,3-4,7-11,26-27H2,1-2H3,(H,28,29,31). The molecule has 0 saturated carbocycles. The minimum Gasteiger partial charge on any atom is -0.493 e. The van der Waals surface area contributed by atoms with Crippen molar-refractivity contribution in [1.29, 1.82) is 0 Å². The summed E-state index contributed by atoms with van der Waals surface area (Å²) in [5, 5.41) is 0.264. The summed E-state index contributed by atoms with van der Waals surface area (Å²) < 4.78 is 39.3. The number of ether oxygens (including phenoxy) is 2. The number of benzene rings is 2. The first-order chi connectivity index (χ1) is 17.6. The average Bonchev–Trinajstić information content (AvgIpc) is 2.88. The molecule has 0 unspecified atom stereocenters. The molecule has 37 heavy (non-hydrogen) atoms. The maximum Gasteiger partial charge on any atom is 0.309 e. The lowest BCUT2D eigenvalue weighted by Gasteiger charge is -2.30. The van der Waals surface area contributed by atoms with E-state index in [9.17, 15) is 18.0 Å². The number of nitrogens with zero attached hydrogens (tertiary/aromatic N) is 2. The molecule has 3 aromatic rings. The van der Waals surface area contributed by atoms with Gasteiger partial charge in [0.25, 0.3) is 5.56 Å². The van der Waals surface area contributed by atoms with Gasteiger partial charge in [0.1, 0.15) is 11.6 Å². The van der Waals surface area contributed by atoms with E-state index in [1.807, 2.05) is 6.92 Å². The maximum absolute atomic E-state index is 13.5. The molecule has 5 N–H and O–H groups in total. The van der Waals surface area contributed by atoms with Crippen LogP contribution in [0.15, 0.2) is 40.0 Å². The molecular weight excluding hydrogens is 498 g/mol. The van der Waals surface area contributed by atoms with Crippen LogP contribution in [0.5, 0.6) is 5.75 Å². The van der Waals surface area contributed by atoms with Gasteiger partial charge in [0, 0.05) is 13.1 Å². The lowest BCUT2D eigenvalue weighted by atomic mass is 9.98. The molecule has 198 valence electrons. The van der Waals surface area contributed by atoms with Crippen LogP contribution in [-0.2, 0) is 19.6 Å². The fourth-order valence-corrected chi connectivity index (χ4v) is 5.78. The van der Waals surface area contributed by atoms with Crippen molar-refractivity contribution < 1.29 is 22.7 Å². The molecule has 4 rings (SSSR count). The summed E-state index contributed by atoms with van der Waals surface area (Å²) in [4.78, 5) is 32.2. The second-order valence-electron chi connectivity index (χ2n) is 8.85. The van der Waals surface area contributed by atoms with Crippen LogP contribution in [-0.4, -0.2) is 55.0 Å². The number of H-pyrrole nitrogens is 1. The number of esters is 1. The second kappa shape index (κ2) is 10.8. The van der Waals surface area contributed by atoms with E-state index in [4.69, 9.17) is 20.9 Å². The van der Waals surface area contributed by atoms with Crippen LogP contribution in [0.25, 0.3) is 22.3 Å². The first kappa shape index (κ1) is 26.4. The number of fused-ring (bicyclic) bond motifs is 1. The molecule has 1 aliphatic rings. The van der Waals surface area contributed by atoms with Crippen LogP contribution in [0.4, 0.5) is 11.4 Å². The predicted octanol–water partition coefficient (Wildman–Crippen LogP) is 2.51. The summed E-state index contributed by atoms with van der Waals surface area (Å²) in [5.74, 6) is -0.0910. The van der Waals surface area contributed by atoms with Crippen LogP contribution >= 0.6 is 0 Å². The van der Waals surface area contributed by atoms with Gasteiger partial charge in [0.2, 0.25) is 10.0 Å². The van der Waals surface area contributed by atoms with Gasteiger partial charge in [-0.1, -0.05) is 6.92 Å². The van der Waals surface area contributed by atoms with Crippen LogP contribution in [0, 0.1) is 5.92 Å². The first-order valence-corrected chi connectivity index (χ1v) is 13.6. The fraction of sp³-hybridized carbons (Fsp3) is 0.400. The van der Waals surface area contributed by atoms with Crippen LogP contribution < -0.4 is 21.8 Å². The van der Waals surface area contributed by atoms with Crippen molar-refractivity contribution in [1.82, 2.24) is 14.3 Å². The largest absolute Gasteiger partial charge is 0.493 e. The van der Waals surface area contributed by atoms with E-state index in [0.29, 0.717) is 36.3 Å². The molecule has 12 heteroatoms. The lowest BCUT2D eigenvalue weighted by molar-refractivity contribution is -0.149. The number of hydrogen-bond donors (Lipinski definition) is 3. The quantitative estimate of drug-likeness (QED) is 0.293. The van der Waals surface area contributed by atoms with Gasteiger partial charge in [-0.3, -0.25) is 9.59 Å². The Labute approximate surface area is 214 Å². The molecule has 0 bridgehead atoms. The average molecular weight is 530 g/mol. The van der Waals surface area contributed by atoms with Crippen molar-refractivity contribution >= 4 is 38.3 Å². The minimum absolute atomic E-state index is 0.0282. The Hall–Kier alpha value is -3.64. The number of hydrogen-bond acceptors (Lipinski definition) is 9. The second-order valence-corrected chi connectivity index (χ2v) is 10.8. The number of aromatic nitrogens is 2. The highest BCUT2D eigenvalue weighted by atomic mass is 32.2. The van der Waals surface area contributed by atoms with Gasteiger partial charge >= 0.3 is 5.97 Å². The Morgan fingerprint density at radius 1 is 1.14 bits per heavy atom. The smallest absolute Gasteiger partial charge is 0.309 e. The van der Waals surface area contributed by atoms with Crippen molar-refractivity contribution in [2.45, 2.75) is 38.0 Å². The normalized spacial score (nSPS) is 15.1. The third-order valence-corrected chi connectivity index (χ3v) is 8.18. The molecule has 1 aromatic heterocycles. The van der Waals surface area contributed by atoms with E-state index < -0.39 is 15.6 Å². The predicted molar refractivity (Wildman–Crippen MR) is 141 cm³/mol. The SMILES string of the molecule is CCCOc1ccc(S(=O)(=O)N2CCC(C(=O)OCC)CC2)cc1-c1nc2cc(N)c(N)cc2c(=O)[nH]1. The summed E-state index contributed by atoms with van der Waals surface area (Å²) in [6.07, 6.45) is 1.49. The highest BCUT2D eigenvalue weighted by Crippen LogP contribution is 2.33. The molecule has 2 aromatic carbocycles. The molecule has 0 spiro atoms. The number of nitrogen functional groups attached to an aromatic ring is 2. The van der Waals surface area contributed by atoms with Crippen molar-refractivity contribution in [3.05, 3.63) is 40.7 Å². The van der Waals surface area contributed by atoms with E-state index in [1.54, 1.807) is 13.0 Å². The molecule has 11 nitrogen and oxygen atoms in total. The summed E-state index contributed by atoms with van der Waals surface area (Å²) in [7, 11) is -3.89. The molecule has 1 aliphatic heterocycles. The summed E-state index contributed by atoms with van der Waals surface area (Å²) in [6, 6.07) is 7.44. The highest BCUT2D eigenvalue weighted by molar-refractivity contribution is 7.89. The first-order valence-electron chi connectivity index (χ1n) is 12.2. The Morgan fingerprint density at radius 3 is 2.51 bits per heavy atom. The number of nitrogens with two attached hydrogens (primary N) is 2.